The van der Waals surface area contributed by atoms with E-state index in [1.54, 1.807) is 48.2 Å². The summed E-state index contributed by atoms with van der Waals surface area (Å²) in [7, 11) is -3.93. The molecule has 0 saturated carbocycles. The minimum atomic E-state index is -3.93. The molecule has 0 fully saturated rings. The topological polar surface area (TPSA) is 66.5 Å². The zero-order valence-corrected chi connectivity index (χ0v) is 21.9. The van der Waals surface area contributed by atoms with Crippen molar-refractivity contribution in [1.82, 2.24) is 5.32 Å². The molecule has 34 heavy (non-hydrogen) atoms. The zero-order valence-electron chi connectivity index (χ0n) is 19.5. The molecule has 180 valence electrons. The molecular weight excluding hydrogens is 488 g/mol. The first-order valence-electron chi connectivity index (χ1n) is 10.9. The van der Waals surface area contributed by atoms with Gasteiger partial charge in [-0.05, 0) is 67.8 Å². The fourth-order valence-electron chi connectivity index (χ4n) is 3.41. The largest absolute Gasteiger partial charge is 0.354 e. The maximum absolute atomic E-state index is 13.5. The predicted molar refractivity (Wildman–Crippen MR) is 142 cm³/mol. The SMILES string of the molecule is Cc1ccc(S(=O)(=O)N(CC(=O)NCCSCc2cccc(Cl)c2)c2cccc(C)c2C)cc1. The Morgan fingerprint density at radius 3 is 2.41 bits per heavy atom. The van der Waals surface area contributed by atoms with Gasteiger partial charge in [-0.2, -0.15) is 11.8 Å². The number of benzene rings is 3. The number of aryl methyl sites for hydroxylation is 2. The van der Waals surface area contributed by atoms with Crippen LogP contribution in [-0.2, 0) is 20.6 Å². The molecule has 0 aromatic heterocycles. The molecule has 1 N–H and O–H groups in total. The maximum atomic E-state index is 13.5. The van der Waals surface area contributed by atoms with Gasteiger partial charge in [0.05, 0.1) is 10.6 Å². The highest BCUT2D eigenvalue weighted by molar-refractivity contribution is 7.98. The minimum Gasteiger partial charge on any atom is -0.354 e. The quantitative estimate of drug-likeness (QED) is 0.361. The van der Waals surface area contributed by atoms with Gasteiger partial charge in [0.2, 0.25) is 5.91 Å². The fraction of sp³-hybridized carbons (Fsp3) is 0.269. The summed E-state index contributed by atoms with van der Waals surface area (Å²) in [6.07, 6.45) is 0. The van der Waals surface area contributed by atoms with Crippen molar-refractivity contribution in [2.24, 2.45) is 0 Å². The van der Waals surface area contributed by atoms with Gasteiger partial charge in [0.25, 0.3) is 10.0 Å². The molecule has 0 aliphatic heterocycles. The molecule has 3 aromatic rings. The van der Waals surface area contributed by atoms with E-state index in [0.717, 1.165) is 28.0 Å². The number of nitrogens with one attached hydrogen (secondary N) is 1. The van der Waals surface area contributed by atoms with Gasteiger partial charge in [0, 0.05) is 23.1 Å². The third-order valence-electron chi connectivity index (χ3n) is 5.47. The number of anilines is 1. The van der Waals surface area contributed by atoms with Gasteiger partial charge in [-0.25, -0.2) is 8.42 Å². The van der Waals surface area contributed by atoms with E-state index in [4.69, 9.17) is 11.6 Å². The fourth-order valence-corrected chi connectivity index (χ4v) is 5.91. The molecule has 0 radical (unpaired) electrons. The highest BCUT2D eigenvalue weighted by Crippen LogP contribution is 2.28. The number of amides is 1. The third-order valence-corrected chi connectivity index (χ3v) is 8.51. The number of thioether (sulfide) groups is 1. The lowest BCUT2D eigenvalue weighted by atomic mass is 10.1. The molecule has 0 unspecified atom stereocenters. The number of hydrogen-bond acceptors (Lipinski definition) is 4. The van der Waals surface area contributed by atoms with Crippen LogP contribution in [0.1, 0.15) is 22.3 Å². The first-order valence-corrected chi connectivity index (χ1v) is 13.9. The van der Waals surface area contributed by atoms with Crippen molar-refractivity contribution in [2.45, 2.75) is 31.4 Å². The normalized spacial score (nSPS) is 11.3. The van der Waals surface area contributed by atoms with Crippen molar-refractivity contribution in [2.75, 3.05) is 23.1 Å². The summed E-state index contributed by atoms with van der Waals surface area (Å²) in [6, 6.07) is 19.8. The van der Waals surface area contributed by atoms with E-state index < -0.39 is 10.0 Å². The summed E-state index contributed by atoms with van der Waals surface area (Å²) in [5.41, 5.74) is 4.37. The Labute approximate surface area is 211 Å². The van der Waals surface area contributed by atoms with Crippen molar-refractivity contribution < 1.29 is 13.2 Å². The Balaban J connectivity index is 1.69. The molecule has 0 aliphatic rings. The monoisotopic (exact) mass is 516 g/mol. The second-order valence-electron chi connectivity index (χ2n) is 8.08. The van der Waals surface area contributed by atoms with E-state index in [2.05, 4.69) is 5.32 Å². The van der Waals surface area contributed by atoms with E-state index in [9.17, 15) is 13.2 Å². The minimum absolute atomic E-state index is 0.156. The summed E-state index contributed by atoms with van der Waals surface area (Å²) >= 11 is 7.69. The predicted octanol–water partition coefficient (Wildman–Crippen LogP) is 5.51. The summed E-state index contributed by atoms with van der Waals surface area (Å²) in [6.45, 7) is 5.84. The Bertz CT molecular complexity index is 1250. The number of rotatable bonds is 10. The van der Waals surface area contributed by atoms with Crippen LogP contribution in [0.15, 0.2) is 71.6 Å². The summed E-state index contributed by atoms with van der Waals surface area (Å²) in [5, 5.41) is 3.56. The molecule has 0 heterocycles. The van der Waals surface area contributed by atoms with Gasteiger partial charge < -0.3 is 5.32 Å². The van der Waals surface area contributed by atoms with Crippen LogP contribution in [-0.4, -0.2) is 33.2 Å². The first kappa shape index (κ1) is 26.1. The van der Waals surface area contributed by atoms with Crippen LogP contribution in [0.2, 0.25) is 5.02 Å². The Kier molecular flexibility index (Phi) is 9.05. The molecule has 3 aromatic carbocycles. The number of sulfonamides is 1. The van der Waals surface area contributed by atoms with Crippen LogP contribution < -0.4 is 9.62 Å². The molecule has 0 atom stereocenters. The molecule has 0 aliphatic carbocycles. The average Bonchev–Trinajstić information content (AvgIpc) is 2.79. The molecule has 0 spiro atoms. The van der Waals surface area contributed by atoms with E-state index in [-0.39, 0.29) is 17.3 Å². The van der Waals surface area contributed by atoms with Crippen LogP contribution in [0.3, 0.4) is 0 Å². The summed E-state index contributed by atoms with van der Waals surface area (Å²) in [4.78, 5) is 12.9. The highest BCUT2D eigenvalue weighted by atomic mass is 35.5. The molecule has 0 saturated heterocycles. The van der Waals surface area contributed by atoms with Crippen LogP contribution in [0.4, 0.5) is 5.69 Å². The van der Waals surface area contributed by atoms with Gasteiger partial charge in [-0.15, -0.1) is 0 Å². The maximum Gasteiger partial charge on any atom is 0.264 e. The van der Waals surface area contributed by atoms with Gasteiger partial charge in [0.15, 0.2) is 0 Å². The van der Waals surface area contributed by atoms with Crippen molar-refractivity contribution in [3.05, 3.63) is 94.0 Å². The van der Waals surface area contributed by atoms with E-state index >= 15 is 0 Å². The number of nitrogens with zero attached hydrogens (tertiary/aromatic N) is 1. The second kappa shape index (κ2) is 11.8. The van der Waals surface area contributed by atoms with Crippen molar-refractivity contribution in [3.63, 3.8) is 0 Å². The van der Waals surface area contributed by atoms with Crippen LogP contribution >= 0.6 is 23.4 Å². The van der Waals surface area contributed by atoms with Crippen molar-refractivity contribution in [3.8, 4) is 0 Å². The van der Waals surface area contributed by atoms with Gasteiger partial charge >= 0.3 is 0 Å². The highest BCUT2D eigenvalue weighted by Gasteiger charge is 2.28. The molecule has 5 nitrogen and oxygen atoms in total. The average molecular weight is 517 g/mol. The zero-order chi connectivity index (χ0) is 24.7. The standard InChI is InChI=1S/C26H29ClN2O3S2/c1-19-10-12-24(13-11-19)34(31,32)29(25-9-4-6-20(2)21(25)3)17-26(30)28-14-15-33-18-22-7-5-8-23(27)16-22/h4-13,16H,14-15,17-18H2,1-3H3,(H,28,30). The molecule has 1 amide bonds. The number of carbonyl (C=O) groups excluding carboxylic acids is 1. The number of carbonyl (C=O) groups is 1. The van der Waals surface area contributed by atoms with Crippen LogP contribution in [0.25, 0.3) is 0 Å². The van der Waals surface area contributed by atoms with E-state index in [1.807, 2.05) is 51.1 Å². The van der Waals surface area contributed by atoms with Gasteiger partial charge in [0.1, 0.15) is 6.54 Å². The summed E-state index contributed by atoms with van der Waals surface area (Å²) < 4.78 is 28.3. The number of halogens is 1. The van der Waals surface area contributed by atoms with Crippen molar-refractivity contribution >= 4 is 45.0 Å². The number of hydrogen-bond donors (Lipinski definition) is 1. The van der Waals surface area contributed by atoms with Crippen LogP contribution in [0, 0.1) is 20.8 Å². The van der Waals surface area contributed by atoms with E-state index in [0.29, 0.717) is 23.0 Å². The smallest absolute Gasteiger partial charge is 0.264 e. The lowest BCUT2D eigenvalue weighted by Gasteiger charge is -2.26. The Morgan fingerprint density at radius 1 is 1.00 bits per heavy atom. The molecular formula is C26H29ClN2O3S2. The first-order chi connectivity index (χ1) is 16.2. The molecule has 8 heteroatoms. The lowest BCUT2D eigenvalue weighted by Crippen LogP contribution is -2.41. The Morgan fingerprint density at radius 2 is 1.71 bits per heavy atom. The van der Waals surface area contributed by atoms with Crippen molar-refractivity contribution in [1.29, 1.82) is 0 Å². The van der Waals surface area contributed by atoms with Gasteiger partial charge in [-0.3, -0.25) is 9.10 Å². The third kappa shape index (κ3) is 6.78. The lowest BCUT2D eigenvalue weighted by molar-refractivity contribution is -0.119. The molecule has 3 rings (SSSR count). The Hall–Kier alpha value is -2.48. The second-order valence-corrected chi connectivity index (χ2v) is 11.5. The molecule has 0 bridgehead atoms. The van der Waals surface area contributed by atoms with E-state index in [1.165, 1.54) is 4.31 Å². The van der Waals surface area contributed by atoms with Crippen LogP contribution in [0.5, 0.6) is 0 Å². The summed E-state index contributed by atoms with van der Waals surface area (Å²) in [5.74, 6) is 1.14. The van der Waals surface area contributed by atoms with Gasteiger partial charge in [-0.1, -0.05) is 53.6 Å².